The summed E-state index contributed by atoms with van der Waals surface area (Å²) in [6.45, 7) is 1.41. The number of hydrogen-bond donors (Lipinski definition) is 1. The molecule has 5 heteroatoms. The van der Waals surface area contributed by atoms with Gasteiger partial charge in [0.2, 0.25) is 5.91 Å². The Labute approximate surface area is 83.6 Å². The Hall–Kier alpha value is -1.49. The second kappa shape index (κ2) is 3.34. The SMILES string of the molecule is CC(=O)Nc1nc2ccc(F)cc2s1. The zero-order valence-electron chi connectivity index (χ0n) is 7.37. The van der Waals surface area contributed by atoms with Gasteiger partial charge >= 0.3 is 0 Å². The average molecular weight is 210 g/mol. The maximum atomic E-state index is 12.8. The summed E-state index contributed by atoms with van der Waals surface area (Å²) in [5.74, 6) is -0.472. The highest BCUT2D eigenvalue weighted by Gasteiger charge is 2.05. The lowest BCUT2D eigenvalue weighted by Gasteiger charge is -1.91. The fourth-order valence-electron chi connectivity index (χ4n) is 1.10. The van der Waals surface area contributed by atoms with Crippen molar-refractivity contribution in [3.63, 3.8) is 0 Å². The number of amides is 1. The summed E-state index contributed by atoms with van der Waals surface area (Å²) in [6.07, 6.45) is 0. The number of halogens is 1. The van der Waals surface area contributed by atoms with Gasteiger partial charge in [-0.2, -0.15) is 0 Å². The number of nitrogens with one attached hydrogen (secondary N) is 1. The molecule has 1 N–H and O–H groups in total. The van der Waals surface area contributed by atoms with Crippen molar-refractivity contribution < 1.29 is 9.18 Å². The van der Waals surface area contributed by atoms with Crippen molar-refractivity contribution in [3.8, 4) is 0 Å². The van der Waals surface area contributed by atoms with Crippen LogP contribution < -0.4 is 5.32 Å². The van der Waals surface area contributed by atoms with Crippen LogP contribution in [0.25, 0.3) is 10.2 Å². The molecule has 1 heterocycles. The molecule has 2 aromatic rings. The zero-order valence-corrected chi connectivity index (χ0v) is 8.19. The molecule has 0 spiro atoms. The van der Waals surface area contributed by atoms with E-state index in [2.05, 4.69) is 10.3 Å². The quantitative estimate of drug-likeness (QED) is 0.785. The van der Waals surface area contributed by atoms with Crippen LogP contribution in [0.15, 0.2) is 18.2 Å². The van der Waals surface area contributed by atoms with Gasteiger partial charge in [0.25, 0.3) is 0 Å². The highest BCUT2D eigenvalue weighted by Crippen LogP contribution is 2.26. The lowest BCUT2D eigenvalue weighted by Crippen LogP contribution is -2.04. The average Bonchev–Trinajstić information content (AvgIpc) is 2.44. The Morgan fingerprint density at radius 2 is 2.36 bits per heavy atom. The molecule has 0 radical (unpaired) electrons. The van der Waals surface area contributed by atoms with Crippen LogP contribution in [0, 0.1) is 5.82 Å². The number of carbonyl (C=O) groups excluding carboxylic acids is 1. The predicted molar refractivity (Wildman–Crippen MR) is 53.9 cm³/mol. The van der Waals surface area contributed by atoms with Crippen LogP contribution in [0.4, 0.5) is 9.52 Å². The third-order valence-electron chi connectivity index (χ3n) is 1.63. The molecule has 72 valence electrons. The molecule has 0 aliphatic rings. The molecule has 0 saturated heterocycles. The zero-order chi connectivity index (χ0) is 10.1. The molecule has 1 aromatic heterocycles. The van der Waals surface area contributed by atoms with E-state index in [0.29, 0.717) is 10.6 Å². The Balaban J connectivity index is 2.46. The molecule has 0 aliphatic heterocycles. The first-order chi connectivity index (χ1) is 6.65. The molecule has 0 saturated carbocycles. The standard InChI is InChI=1S/C9H7FN2OS/c1-5(13)11-9-12-7-3-2-6(10)4-8(7)14-9/h2-4H,1H3,(H,11,12,13). The Morgan fingerprint density at radius 1 is 1.57 bits per heavy atom. The van der Waals surface area contributed by atoms with Crippen LogP contribution in [0.5, 0.6) is 0 Å². The van der Waals surface area contributed by atoms with Crippen LogP contribution in [0.1, 0.15) is 6.92 Å². The number of nitrogens with zero attached hydrogens (tertiary/aromatic N) is 1. The summed E-state index contributed by atoms with van der Waals surface area (Å²) in [7, 11) is 0. The molecule has 14 heavy (non-hydrogen) atoms. The second-order valence-corrected chi connectivity index (χ2v) is 3.84. The van der Waals surface area contributed by atoms with Gasteiger partial charge in [-0.3, -0.25) is 4.79 Å². The van der Waals surface area contributed by atoms with E-state index in [1.807, 2.05) is 0 Å². The molecule has 0 fully saturated rings. The number of fused-ring (bicyclic) bond motifs is 1. The fraction of sp³-hybridized carbons (Fsp3) is 0.111. The first-order valence-electron chi connectivity index (χ1n) is 3.99. The summed E-state index contributed by atoms with van der Waals surface area (Å²) in [5, 5.41) is 3.06. The van der Waals surface area contributed by atoms with E-state index in [1.165, 1.54) is 30.4 Å². The second-order valence-electron chi connectivity index (χ2n) is 2.81. The summed E-state index contributed by atoms with van der Waals surface area (Å²) < 4.78 is 13.5. The number of benzene rings is 1. The maximum Gasteiger partial charge on any atom is 0.223 e. The Morgan fingerprint density at radius 3 is 3.07 bits per heavy atom. The lowest BCUT2D eigenvalue weighted by molar-refractivity contribution is -0.114. The van der Waals surface area contributed by atoms with Crippen molar-refractivity contribution in [1.82, 2.24) is 4.98 Å². The van der Waals surface area contributed by atoms with Crippen LogP contribution >= 0.6 is 11.3 Å². The first-order valence-corrected chi connectivity index (χ1v) is 4.80. The highest BCUT2D eigenvalue weighted by atomic mass is 32.1. The van der Waals surface area contributed by atoms with Crippen LogP contribution in [-0.4, -0.2) is 10.9 Å². The van der Waals surface area contributed by atoms with E-state index in [0.717, 1.165) is 4.70 Å². The van der Waals surface area contributed by atoms with Gasteiger partial charge in [-0.05, 0) is 18.2 Å². The van der Waals surface area contributed by atoms with E-state index in [4.69, 9.17) is 0 Å². The van der Waals surface area contributed by atoms with Gasteiger partial charge < -0.3 is 5.32 Å². The third kappa shape index (κ3) is 1.72. The van der Waals surface area contributed by atoms with Crippen molar-refractivity contribution in [2.24, 2.45) is 0 Å². The minimum atomic E-state index is -0.296. The Bertz CT molecular complexity index is 495. The molecule has 0 aliphatic carbocycles. The van der Waals surface area contributed by atoms with Gasteiger partial charge in [0.1, 0.15) is 5.82 Å². The highest BCUT2D eigenvalue weighted by molar-refractivity contribution is 7.22. The molecule has 1 amide bonds. The lowest BCUT2D eigenvalue weighted by atomic mass is 10.3. The van der Waals surface area contributed by atoms with E-state index < -0.39 is 0 Å². The summed E-state index contributed by atoms with van der Waals surface area (Å²) in [5.41, 5.74) is 0.695. The van der Waals surface area contributed by atoms with E-state index in [1.54, 1.807) is 6.07 Å². The largest absolute Gasteiger partial charge is 0.302 e. The number of aromatic nitrogens is 1. The van der Waals surface area contributed by atoms with E-state index >= 15 is 0 Å². The molecular formula is C9H7FN2OS. The van der Waals surface area contributed by atoms with Crippen molar-refractivity contribution in [1.29, 1.82) is 0 Å². The molecule has 0 bridgehead atoms. The molecule has 0 atom stereocenters. The fourth-order valence-corrected chi connectivity index (χ4v) is 2.04. The first kappa shape index (κ1) is 9.08. The van der Waals surface area contributed by atoms with Crippen LogP contribution in [-0.2, 0) is 4.79 Å². The molecular weight excluding hydrogens is 203 g/mol. The van der Waals surface area contributed by atoms with Gasteiger partial charge in [0.05, 0.1) is 10.2 Å². The van der Waals surface area contributed by atoms with E-state index in [-0.39, 0.29) is 11.7 Å². The summed E-state index contributed by atoms with van der Waals surface area (Å²) >= 11 is 1.26. The molecule has 2 rings (SSSR count). The van der Waals surface area contributed by atoms with Crippen molar-refractivity contribution in [2.45, 2.75) is 6.92 Å². The van der Waals surface area contributed by atoms with Gasteiger partial charge in [0, 0.05) is 6.92 Å². The number of rotatable bonds is 1. The predicted octanol–water partition coefficient (Wildman–Crippen LogP) is 2.39. The van der Waals surface area contributed by atoms with Crippen molar-refractivity contribution in [3.05, 3.63) is 24.0 Å². The minimum absolute atomic E-state index is 0.176. The monoisotopic (exact) mass is 210 g/mol. The number of hydrogen-bond acceptors (Lipinski definition) is 3. The van der Waals surface area contributed by atoms with Gasteiger partial charge in [-0.1, -0.05) is 11.3 Å². The normalized spacial score (nSPS) is 10.4. The molecule has 3 nitrogen and oxygen atoms in total. The molecule has 1 aromatic carbocycles. The van der Waals surface area contributed by atoms with E-state index in [9.17, 15) is 9.18 Å². The van der Waals surface area contributed by atoms with Gasteiger partial charge in [-0.15, -0.1) is 0 Å². The summed E-state index contributed by atoms with van der Waals surface area (Å²) in [4.78, 5) is 14.9. The van der Waals surface area contributed by atoms with Gasteiger partial charge in [0.15, 0.2) is 5.13 Å². The van der Waals surface area contributed by atoms with Crippen molar-refractivity contribution >= 4 is 32.6 Å². The maximum absolute atomic E-state index is 12.8. The van der Waals surface area contributed by atoms with Crippen LogP contribution in [0.2, 0.25) is 0 Å². The van der Waals surface area contributed by atoms with Crippen LogP contribution in [0.3, 0.4) is 0 Å². The van der Waals surface area contributed by atoms with Gasteiger partial charge in [-0.25, -0.2) is 9.37 Å². The number of carbonyl (C=O) groups is 1. The number of thiazole rings is 1. The third-order valence-corrected chi connectivity index (χ3v) is 2.57. The minimum Gasteiger partial charge on any atom is -0.302 e. The topological polar surface area (TPSA) is 42.0 Å². The molecule has 0 unspecified atom stereocenters. The number of anilines is 1. The smallest absolute Gasteiger partial charge is 0.223 e. The summed E-state index contributed by atoms with van der Waals surface area (Å²) in [6, 6.07) is 4.34. The van der Waals surface area contributed by atoms with Crippen molar-refractivity contribution in [2.75, 3.05) is 5.32 Å². The Kier molecular flexibility index (Phi) is 2.17.